The summed E-state index contributed by atoms with van der Waals surface area (Å²) >= 11 is 0. The summed E-state index contributed by atoms with van der Waals surface area (Å²) in [7, 11) is 0. The van der Waals surface area contributed by atoms with E-state index in [1.165, 1.54) is 30.4 Å². The van der Waals surface area contributed by atoms with E-state index >= 15 is 0 Å². The normalized spacial score (nSPS) is 14.7. The van der Waals surface area contributed by atoms with Crippen molar-refractivity contribution in [2.45, 2.75) is 104 Å². The highest BCUT2D eigenvalue weighted by atomic mass is 16.3. The lowest BCUT2D eigenvalue weighted by molar-refractivity contribution is 0.369. The summed E-state index contributed by atoms with van der Waals surface area (Å²) in [5.41, 5.74) is 3.84. The quantitative estimate of drug-likeness (QED) is 0.517. The molecule has 23 heavy (non-hydrogen) atoms. The van der Waals surface area contributed by atoms with Gasteiger partial charge in [-0.3, -0.25) is 0 Å². The van der Waals surface area contributed by atoms with Gasteiger partial charge in [0.15, 0.2) is 0 Å². The standard InChI is InChI=1S/C22H38O/c1-8-11-12-14-22(7,10-3)19-16-18(21(4,5)6)15-17(13-9-2)20(19)23/h15-16,23H,8-14H2,1-7H3. The molecule has 0 aliphatic rings. The van der Waals surface area contributed by atoms with Crippen LogP contribution >= 0.6 is 0 Å². The molecule has 1 nitrogen and oxygen atoms in total. The topological polar surface area (TPSA) is 20.2 Å². The summed E-state index contributed by atoms with van der Waals surface area (Å²) in [5.74, 6) is 0.556. The van der Waals surface area contributed by atoms with E-state index in [4.69, 9.17) is 0 Å². The van der Waals surface area contributed by atoms with E-state index < -0.39 is 0 Å². The average Bonchev–Trinajstić information content (AvgIpc) is 2.48. The molecule has 1 unspecified atom stereocenters. The van der Waals surface area contributed by atoms with E-state index in [-0.39, 0.29) is 10.8 Å². The molecule has 1 N–H and O–H groups in total. The molecule has 0 heterocycles. The van der Waals surface area contributed by atoms with Gasteiger partial charge < -0.3 is 5.11 Å². The molecule has 0 radical (unpaired) electrons. The molecule has 0 bridgehead atoms. The predicted molar refractivity (Wildman–Crippen MR) is 103 cm³/mol. The van der Waals surface area contributed by atoms with Gasteiger partial charge in [-0.25, -0.2) is 0 Å². The van der Waals surface area contributed by atoms with Crippen LogP contribution in [-0.4, -0.2) is 5.11 Å². The van der Waals surface area contributed by atoms with Crippen molar-refractivity contribution in [3.05, 3.63) is 28.8 Å². The van der Waals surface area contributed by atoms with E-state index in [9.17, 15) is 5.11 Å². The van der Waals surface area contributed by atoms with E-state index in [1.54, 1.807) is 0 Å². The van der Waals surface area contributed by atoms with E-state index in [2.05, 4.69) is 60.6 Å². The fourth-order valence-electron chi connectivity index (χ4n) is 3.31. The first-order valence-electron chi connectivity index (χ1n) is 9.56. The molecule has 0 fully saturated rings. The second-order valence-corrected chi connectivity index (χ2v) is 8.40. The number of hydrogen-bond acceptors (Lipinski definition) is 1. The van der Waals surface area contributed by atoms with Gasteiger partial charge in [0, 0.05) is 5.56 Å². The van der Waals surface area contributed by atoms with Crippen LogP contribution in [0.5, 0.6) is 5.75 Å². The number of rotatable bonds is 8. The van der Waals surface area contributed by atoms with Crippen LogP contribution in [0.2, 0.25) is 0 Å². The molecular weight excluding hydrogens is 280 g/mol. The Hall–Kier alpha value is -0.980. The fourth-order valence-corrected chi connectivity index (χ4v) is 3.31. The van der Waals surface area contributed by atoms with Crippen molar-refractivity contribution in [3.8, 4) is 5.75 Å². The molecule has 0 aromatic heterocycles. The number of phenols is 1. The number of aryl methyl sites for hydroxylation is 1. The summed E-state index contributed by atoms with van der Waals surface area (Å²) in [5, 5.41) is 10.9. The Kier molecular flexibility index (Phi) is 7.17. The molecule has 0 saturated heterocycles. The maximum atomic E-state index is 10.9. The van der Waals surface area contributed by atoms with Crippen LogP contribution in [0.4, 0.5) is 0 Å². The van der Waals surface area contributed by atoms with Gasteiger partial charge in [0.2, 0.25) is 0 Å². The lowest BCUT2D eigenvalue weighted by Crippen LogP contribution is -2.23. The minimum atomic E-state index is 0.0724. The lowest BCUT2D eigenvalue weighted by atomic mass is 9.72. The van der Waals surface area contributed by atoms with E-state index in [0.29, 0.717) is 5.75 Å². The molecule has 0 aliphatic heterocycles. The van der Waals surface area contributed by atoms with Gasteiger partial charge in [0.05, 0.1) is 0 Å². The van der Waals surface area contributed by atoms with Crippen LogP contribution in [0.25, 0.3) is 0 Å². The van der Waals surface area contributed by atoms with Gasteiger partial charge in [-0.2, -0.15) is 0 Å². The van der Waals surface area contributed by atoms with Crippen LogP contribution in [0, 0.1) is 0 Å². The number of phenolic OH excluding ortho intramolecular Hbond substituents is 1. The third-order valence-corrected chi connectivity index (χ3v) is 5.34. The molecule has 1 aromatic carbocycles. The molecular formula is C22H38O. The molecule has 0 saturated carbocycles. The summed E-state index contributed by atoms with van der Waals surface area (Å²) in [4.78, 5) is 0. The molecule has 1 heteroatoms. The minimum absolute atomic E-state index is 0.0724. The second-order valence-electron chi connectivity index (χ2n) is 8.40. The third-order valence-electron chi connectivity index (χ3n) is 5.34. The van der Waals surface area contributed by atoms with Gasteiger partial charge in [-0.15, -0.1) is 0 Å². The van der Waals surface area contributed by atoms with Crippen molar-refractivity contribution in [1.29, 1.82) is 0 Å². The Bertz CT molecular complexity index is 495. The van der Waals surface area contributed by atoms with Crippen LogP contribution in [0.1, 0.15) is 104 Å². The third kappa shape index (κ3) is 4.99. The molecule has 132 valence electrons. The first-order chi connectivity index (χ1) is 10.7. The first-order valence-corrected chi connectivity index (χ1v) is 9.56. The first kappa shape index (κ1) is 20.1. The zero-order chi connectivity index (χ0) is 17.7. The Morgan fingerprint density at radius 3 is 2.04 bits per heavy atom. The van der Waals surface area contributed by atoms with Gasteiger partial charge in [0.25, 0.3) is 0 Å². The van der Waals surface area contributed by atoms with E-state index in [1.807, 2.05) is 0 Å². The number of unbranched alkanes of at least 4 members (excludes halogenated alkanes) is 2. The SMILES string of the molecule is CCCCCC(C)(CC)c1cc(C(C)(C)C)cc(CCC)c1O. The molecule has 0 spiro atoms. The van der Waals surface area contributed by atoms with Crippen molar-refractivity contribution < 1.29 is 5.11 Å². The molecule has 0 aliphatic carbocycles. The van der Waals surface area contributed by atoms with Crippen molar-refractivity contribution in [2.75, 3.05) is 0 Å². The number of benzene rings is 1. The highest BCUT2D eigenvalue weighted by molar-refractivity contribution is 5.49. The second kappa shape index (κ2) is 8.22. The monoisotopic (exact) mass is 318 g/mol. The highest BCUT2D eigenvalue weighted by Gasteiger charge is 2.30. The Morgan fingerprint density at radius 2 is 1.57 bits per heavy atom. The number of aromatic hydroxyl groups is 1. The van der Waals surface area contributed by atoms with Crippen molar-refractivity contribution in [2.24, 2.45) is 0 Å². The molecule has 1 rings (SSSR count). The van der Waals surface area contributed by atoms with Crippen molar-refractivity contribution in [3.63, 3.8) is 0 Å². The van der Waals surface area contributed by atoms with Crippen LogP contribution in [-0.2, 0) is 17.3 Å². The predicted octanol–water partition coefficient (Wildman–Crippen LogP) is 6.89. The van der Waals surface area contributed by atoms with Crippen molar-refractivity contribution >= 4 is 0 Å². The summed E-state index contributed by atoms with van der Waals surface area (Å²) < 4.78 is 0. The fraction of sp³-hybridized carbons (Fsp3) is 0.727. The van der Waals surface area contributed by atoms with Gasteiger partial charge in [-0.1, -0.05) is 86.3 Å². The van der Waals surface area contributed by atoms with Crippen molar-refractivity contribution in [1.82, 2.24) is 0 Å². The van der Waals surface area contributed by atoms with Crippen LogP contribution in [0.3, 0.4) is 0 Å². The van der Waals surface area contributed by atoms with Gasteiger partial charge in [-0.05, 0) is 41.2 Å². The van der Waals surface area contributed by atoms with Crippen LogP contribution < -0.4 is 0 Å². The molecule has 1 atom stereocenters. The average molecular weight is 319 g/mol. The Labute approximate surface area is 144 Å². The minimum Gasteiger partial charge on any atom is -0.507 e. The maximum absolute atomic E-state index is 10.9. The highest BCUT2D eigenvalue weighted by Crippen LogP contribution is 2.42. The number of hydrogen-bond donors (Lipinski definition) is 1. The molecule has 1 aromatic rings. The lowest BCUT2D eigenvalue weighted by Gasteiger charge is -2.33. The summed E-state index contributed by atoms with van der Waals surface area (Å²) in [6.07, 6.45) is 8.01. The maximum Gasteiger partial charge on any atom is 0.122 e. The van der Waals surface area contributed by atoms with Crippen LogP contribution in [0.15, 0.2) is 12.1 Å². The van der Waals surface area contributed by atoms with E-state index in [0.717, 1.165) is 31.2 Å². The Morgan fingerprint density at radius 1 is 0.913 bits per heavy atom. The molecule has 0 amide bonds. The van der Waals surface area contributed by atoms with Gasteiger partial charge >= 0.3 is 0 Å². The summed E-state index contributed by atoms with van der Waals surface area (Å²) in [6, 6.07) is 4.51. The summed E-state index contributed by atoms with van der Waals surface area (Å²) in [6.45, 7) is 15.8. The zero-order valence-electron chi connectivity index (χ0n) is 16.6. The smallest absolute Gasteiger partial charge is 0.122 e. The van der Waals surface area contributed by atoms with Gasteiger partial charge in [0.1, 0.15) is 5.75 Å². The zero-order valence-corrected chi connectivity index (χ0v) is 16.6. The largest absolute Gasteiger partial charge is 0.507 e. The Balaban J connectivity index is 3.38.